The van der Waals surface area contributed by atoms with Crippen LogP contribution < -0.4 is 0 Å². The molecule has 0 radical (unpaired) electrons. The van der Waals surface area contributed by atoms with Gasteiger partial charge in [-0.1, -0.05) is 141 Å². The van der Waals surface area contributed by atoms with Gasteiger partial charge >= 0.3 is 11.9 Å². The fraction of sp³-hybridized carbons (Fsp3) is 0.842. The van der Waals surface area contributed by atoms with Gasteiger partial charge in [0.25, 0.3) is 0 Å². The van der Waals surface area contributed by atoms with Gasteiger partial charge in [0, 0.05) is 12.8 Å². The Kier molecular flexibility index (Phi) is 39.9. The Balaban J connectivity index is 0. The first-order chi connectivity index (χ1) is 20.6. The molecule has 248 valence electrons. The Morgan fingerprint density at radius 2 is 0.619 bits per heavy atom. The summed E-state index contributed by atoms with van der Waals surface area (Å²) < 4.78 is 9.24. The molecule has 0 aliphatic rings. The van der Waals surface area contributed by atoms with Gasteiger partial charge in [-0.25, -0.2) is 0 Å². The van der Waals surface area contributed by atoms with E-state index in [1.165, 1.54) is 155 Å². The van der Waals surface area contributed by atoms with E-state index >= 15 is 0 Å². The zero-order valence-electron chi connectivity index (χ0n) is 28.7. The van der Waals surface area contributed by atoms with Gasteiger partial charge in [-0.05, 0) is 64.2 Å². The van der Waals surface area contributed by atoms with Crippen molar-refractivity contribution in [3.8, 4) is 0 Å². The Labute approximate surface area is 262 Å². The van der Waals surface area contributed by atoms with Crippen LogP contribution in [0.15, 0.2) is 24.3 Å². The van der Waals surface area contributed by atoms with Gasteiger partial charge in [-0.2, -0.15) is 0 Å². The second-order valence-electron chi connectivity index (χ2n) is 11.8. The Morgan fingerprint density at radius 1 is 0.381 bits per heavy atom. The first-order valence-electron chi connectivity index (χ1n) is 18.1. The van der Waals surface area contributed by atoms with Crippen LogP contribution in [-0.2, 0) is 19.1 Å². The van der Waals surface area contributed by atoms with Crippen molar-refractivity contribution in [2.24, 2.45) is 0 Å². The molecule has 0 heterocycles. The highest BCUT2D eigenvalue weighted by atomic mass is 16.5. The van der Waals surface area contributed by atoms with E-state index in [0.29, 0.717) is 12.8 Å². The van der Waals surface area contributed by atoms with E-state index in [-0.39, 0.29) is 11.9 Å². The lowest BCUT2D eigenvalue weighted by Crippen LogP contribution is -1.98. The Hall–Kier alpha value is -1.58. The van der Waals surface area contributed by atoms with E-state index in [1.807, 2.05) is 0 Å². The van der Waals surface area contributed by atoms with Crippen LogP contribution in [0.3, 0.4) is 0 Å². The van der Waals surface area contributed by atoms with Gasteiger partial charge in [0.05, 0.1) is 14.2 Å². The van der Waals surface area contributed by atoms with Crippen LogP contribution in [0.25, 0.3) is 0 Å². The van der Waals surface area contributed by atoms with E-state index in [0.717, 1.165) is 25.7 Å². The highest BCUT2D eigenvalue weighted by Gasteiger charge is 1.99. The van der Waals surface area contributed by atoms with Crippen LogP contribution in [0.4, 0.5) is 0 Å². The molecule has 4 heteroatoms. The quantitative estimate of drug-likeness (QED) is 0.0473. The molecule has 0 rings (SSSR count). The minimum Gasteiger partial charge on any atom is -0.469 e. The van der Waals surface area contributed by atoms with Crippen molar-refractivity contribution in [1.29, 1.82) is 0 Å². The maximum Gasteiger partial charge on any atom is 0.305 e. The average Bonchev–Trinajstić information content (AvgIpc) is 3.01. The fourth-order valence-electron chi connectivity index (χ4n) is 4.88. The van der Waals surface area contributed by atoms with Crippen LogP contribution >= 0.6 is 0 Å². The lowest BCUT2D eigenvalue weighted by molar-refractivity contribution is -0.141. The van der Waals surface area contributed by atoms with Crippen molar-refractivity contribution in [3.05, 3.63) is 24.3 Å². The second-order valence-corrected chi connectivity index (χ2v) is 11.8. The van der Waals surface area contributed by atoms with Gasteiger partial charge in [-0.15, -0.1) is 0 Å². The molecule has 0 spiro atoms. The summed E-state index contributed by atoms with van der Waals surface area (Å²) in [6, 6.07) is 0. The third-order valence-electron chi connectivity index (χ3n) is 7.74. The second kappa shape index (κ2) is 39.4. The summed E-state index contributed by atoms with van der Waals surface area (Å²) in [6.45, 7) is 4.53. The molecular weight excluding hydrogens is 520 g/mol. The van der Waals surface area contributed by atoms with E-state index in [4.69, 9.17) is 0 Å². The molecule has 0 aliphatic heterocycles. The molecule has 0 aromatic rings. The number of esters is 2. The monoisotopic (exact) mass is 593 g/mol. The van der Waals surface area contributed by atoms with Gasteiger partial charge in [-0.3, -0.25) is 9.59 Å². The number of hydrogen-bond acceptors (Lipinski definition) is 4. The summed E-state index contributed by atoms with van der Waals surface area (Å²) in [5, 5.41) is 0. The third-order valence-corrected chi connectivity index (χ3v) is 7.74. The van der Waals surface area contributed by atoms with Crippen LogP contribution in [0, 0.1) is 0 Å². The summed E-state index contributed by atoms with van der Waals surface area (Å²) in [7, 11) is 2.92. The van der Waals surface area contributed by atoms with Crippen molar-refractivity contribution in [2.75, 3.05) is 14.2 Å². The number of hydrogen-bond donors (Lipinski definition) is 0. The van der Waals surface area contributed by atoms with Gasteiger partial charge < -0.3 is 9.47 Å². The van der Waals surface area contributed by atoms with Gasteiger partial charge in [0.1, 0.15) is 0 Å². The van der Waals surface area contributed by atoms with Crippen molar-refractivity contribution in [1.82, 2.24) is 0 Å². The molecule has 0 atom stereocenters. The zero-order chi connectivity index (χ0) is 31.2. The molecule has 0 aromatic heterocycles. The van der Waals surface area contributed by atoms with E-state index < -0.39 is 0 Å². The fourth-order valence-corrected chi connectivity index (χ4v) is 4.88. The number of carbonyl (C=O) groups is 2. The number of carbonyl (C=O) groups excluding carboxylic acids is 2. The predicted octanol–water partition coefficient (Wildman–Crippen LogP) is 12.4. The van der Waals surface area contributed by atoms with E-state index in [1.54, 1.807) is 0 Å². The molecule has 0 N–H and O–H groups in total. The average molecular weight is 593 g/mol. The molecule has 0 unspecified atom stereocenters. The summed E-state index contributed by atoms with van der Waals surface area (Å²) in [4.78, 5) is 21.8. The Morgan fingerprint density at radius 3 is 0.881 bits per heavy atom. The molecule has 0 bridgehead atoms. The lowest BCUT2D eigenvalue weighted by atomic mass is 10.1. The van der Waals surface area contributed by atoms with Crippen LogP contribution in [0.2, 0.25) is 0 Å². The van der Waals surface area contributed by atoms with Gasteiger partial charge in [0.2, 0.25) is 0 Å². The van der Waals surface area contributed by atoms with Crippen LogP contribution in [0.1, 0.15) is 194 Å². The summed E-state index contributed by atoms with van der Waals surface area (Å²) in [6.07, 6.45) is 44.0. The molecule has 0 saturated heterocycles. The smallest absolute Gasteiger partial charge is 0.305 e. The topological polar surface area (TPSA) is 52.6 Å². The van der Waals surface area contributed by atoms with Crippen molar-refractivity contribution >= 4 is 11.9 Å². The normalized spacial score (nSPS) is 11.1. The predicted molar refractivity (Wildman–Crippen MR) is 183 cm³/mol. The number of ether oxygens (including phenoxy) is 2. The van der Waals surface area contributed by atoms with Crippen LogP contribution in [-0.4, -0.2) is 26.2 Å². The van der Waals surface area contributed by atoms with E-state index in [9.17, 15) is 9.59 Å². The maximum absolute atomic E-state index is 10.9. The maximum atomic E-state index is 10.9. The standard InChI is InChI=1S/2C19H36O2/c2*1-3-4-5-6-7-8-9-10-11-12-13-14-15-16-17-18-19(20)21-2/h2*10-11H,3-9,12-18H2,1-2H3/b2*11-10-. The SMILES string of the molecule is CCCCCCCC/C=C\CCCCCCCC(=O)OC.CCCCCCCC/C=C\CCCCCCCC(=O)OC. The number of unbranched alkanes of at least 4 members (excludes halogenated alkanes) is 22. The largest absolute Gasteiger partial charge is 0.469 e. The molecular formula is C38H72O4. The Bertz CT molecular complexity index is 544. The molecule has 4 nitrogen and oxygen atoms in total. The highest BCUT2D eigenvalue weighted by molar-refractivity contribution is 5.69. The molecule has 0 saturated carbocycles. The lowest BCUT2D eigenvalue weighted by Gasteiger charge is -2.00. The van der Waals surface area contributed by atoms with Crippen molar-refractivity contribution in [2.45, 2.75) is 194 Å². The van der Waals surface area contributed by atoms with E-state index in [2.05, 4.69) is 47.6 Å². The van der Waals surface area contributed by atoms with Crippen molar-refractivity contribution in [3.63, 3.8) is 0 Å². The molecule has 0 fully saturated rings. The number of rotatable bonds is 30. The first kappa shape index (κ1) is 42.6. The minimum absolute atomic E-state index is 0.0763. The van der Waals surface area contributed by atoms with Crippen LogP contribution in [0.5, 0.6) is 0 Å². The number of methoxy groups -OCH3 is 2. The highest BCUT2D eigenvalue weighted by Crippen LogP contribution is 2.11. The summed E-state index contributed by atoms with van der Waals surface area (Å²) in [5.41, 5.74) is 0. The summed E-state index contributed by atoms with van der Waals surface area (Å²) in [5.74, 6) is -0.153. The summed E-state index contributed by atoms with van der Waals surface area (Å²) >= 11 is 0. The molecule has 0 aliphatic carbocycles. The molecule has 0 amide bonds. The van der Waals surface area contributed by atoms with Crippen molar-refractivity contribution < 1.29 is 19.1 Å². The molecule has 0 aromatic carbocycles. The minimum atomic E-state index is -0.0763. The third kappa shape index (κ3) is 40.6. The van der Waals surface area contributed by atoms with Gasteiger partial charge in [0.15, 0.2) is 0 Å². The first-order valence-corrected chi connectivity index (χ1v) is 18.1. The zero-order valence-corrected chi connectivity index (χ0v) is 28.7. The number of allylic oxidation sites excluding steroid dienone is 4. The molecule has 42 heavy (non-hydrogen) atoms.